The van der Waals surface area contributed by atoms with Crippen LogP contribution in [0.25, 0.3) is 0 Å². The van der Waals surface area contributed by atoms with Crippen molar-refractivity contribution in [1.82, 2.24) is 5.32 Å². The van der Waals surface area contributed by atoms with Crippen LogP contribution in [-0.4, -0.2) is 5.91 Å². The number of hydrogen-bond acceptors (Lipinski definition) is 1. The van der Waals surface area contributed by atoms with Crippen LogP contribution < -0.4 is 5.32 Å². The molecule has 2 nitrogen and oxygen atoms in total. The first-order valence-electron chi connectivity index (χ1n) is 6.61. The summed E-state index contributed by atoms with van der Waals surface area (Å²) in [5.41, 5.74) is 5.97. The van der Waals surface area contributed by atoms with Crippen molar-refractivity contribution in [3.8, 4) is 0 Å². The number of hydrogen-bond donors (Lipinski definition) is 1. The van der Waals surface area contributed by atoms with E-state index in [-0.39, 0.29) is 11.9 Å². The largest absolute Gasteiger partial charge is 0.345 e. The Morgan fingerprint density at radius 2 is 1.89 bits per heavy atom. The van der Waals surface area contributed by atoms with Crippen molar-refractivity contribution >= 4 is 5.91 Å². The standard InChI is InChI=1S/C17H17NO/c1-11-8-12(2)16-14(9-11)10-15(16)18-17(19)13-6-4-3-5-7-13/h3-9,15H,10H2,1-2H3,(H,18,19)/t15-/m1/s1. The molecule has 1 aliphatic rings. The van der Waals surface area contributed by atoms with Gasteiger partial charge in [-0.05, 0) is 49.1 Å². The lowest BCUT2D eigenvalue weighted by Crippen LogP contribution is -2.36. The number of nitrogens with one attached hydrogen (secondary N) is 1. The molecule has 3 rings (SSSR count). The van der Waals surface area contributed by atoms with Crippen molar-refractivity contribution < 1.29 is 4.79 Å². The molecule has 2 aromatic rings. The lowest BCUT2D eigenvalue weighted by Gasteiger charge is -2.33. The van der Waals surface area contributed by atoms with Crippen molar-refractivity contribution in [1.29, 1.82) is 0 Å². The number of rotatable bonds is 2. The number of aryl methyl sites for hydroxylation is 2. The summed E-state index contributed by atoms with van der Waals surface area (Å²) in [7, 11) is 0. The molecule has 19 heavy (non-hydrogen) atoms. The lowest BCUT2D eigenvalue weighted by atomic mass is 9.79. The molecule has 0 bridgehead atoms. The van der Waals surface area contributed by atoms with Crippen LogP contribution in [0.5, 0.6) is 0 Å². The monoisotopic (exact) mass is 251 g/mol. The molecule has 0 heterocycles. The van der Waals surface area contributed by atoms with Gasteiger partial charge in [0.15, 0.2) is 0 Å². The summed E-state index contributed by atoms with van der Waals surface area (Å²) in [6.45, 7) is 4.23. The van der Waals surface area contributed by atoms with Gasteiger partial charge < -0.3 is 5.32 Å². The van der Waals surface area contributed by atoms with E-state index in [1.165, 1.54) is 22.3 Å². The lowest BCUT2D eigenvalue weighted by molar-refractivity contribution is 0.0932. The van der Waals surface area contributed by atoms with Crippen LogP contribution in [0.15, 0.2) is 42.5 Å². The molecular weight excluding hydrogens is 234 g/mol. The molecule has 0 spiro atoms. The van der Waals surface area contributed by atoms with Crippen molar-refractivity contribution in [2.24, 2.45) is 0 Å². The number of fused-ring (bicyclic) bond motifs is 1. The minimum absolute atomic E-state index is 0.0104. The molecule has 2 aromatic carbocycles. The quantitative estimate of drug-likeness (QED) is 0.871. The first-order valence-corrected chi connectivity index (χ1v) is 6.61. The highest BCUT2D eigenvalue weighted by molar-refractivity contribution is 5.94. The molecule has 0 radical (unpaired) electrons. The average Bonchev–Trinajstić information content (AvgIpc) is 2.36. The van der Waals surface area contributed by atoms with Crippen molar-refractivity contribution in [3.63, 3.8) is 0 Å². The fourth-order valence-electron chi connectivity index (χ4n) is 2.88. The molecule has 0 unspecified atom stereocenters. The summed E-state index contributed by atoms with van der Waals surface area (Å²) < 4.78 is 0. The third-order valence-electron chi connectivity index (χ3n) is 3.73. The molecule has 0 saturated carbocycles. The highest BCUT2D eigenvalue weighted by Crippen LogP contribution is 2.36. The van der Waals surface area contributed by atoms with E-state index in [0.29, 0.717) is 0 Å². The molecule has 96 valence electrons. The van der Waals surface area contributed by atoms with Crippen LogP contribution in [0.4, 0.5) is 0 Å². The second-order valence-corrected chi connectivity index (χ2v) is 5.25. The summed E-state index contributed by atoms with van der Waals surface area (Å²) in [6.07, 6.45) is 0.941. The minimum atomic E-state index is 0.0104. The van der Waals surface area contributed by atoms with E-state index in [9.17, 15) is 4.79 Å². The third kappa shape index (κ3) is 2.14. The fourth-order valence-corrected chi connectivity index (χ4v) is 2.88. The molecule has 2 heteroatoms. The Morgan fingerprint density at radius 3 is 2.58 bits per heavy atom. The van der Waals surface area contributed by atoms with E-state index < -0.39 is 0 Å². The number of carbonyl (C=O) groups excluding carboxylic acids is 1. The van der Waals surface area contributed by atoms with Crippen LogP contribution in [0.1, 0.15) is 38.7 Å². The van der Waals surface area contributed by atoms with Gasteiger partial charge in [0.25, 0.3) is 5.91 Å². The topological polar surface area (TPSA) is 29.1 Å². The van der Waals surface area contributed by atoms with E-state index in [1.807, 2.05) is 30.3 Å². The van der Waals surface area contributed by atoms with Gasteiger partial charge in [0.05, 0.1) is 6.04 Å². The maximum atomic E-state index is 12.1. The van der Waals surface area contributed by atoms with Crippen LogP contribution in [0.3, 0.4) is 0 Å². The van der Waals surface area contributed by atoms with Gasteiger partial charge in [-0.25, -0.2) is 0 Å². The van der Waals surface area contributed by atoms with Gasteiger partial charge in [0, 0.05) is 5.56 Å². The third-order valence-corrected chi connectivity index (χ3v) is 3.73. The van der Waals surface area contributed by atoms with Crippen molar-refractivity contribution in [3.05, 3.63) is 70.3 Å². The molecule has 1 amide bonds. The summed E-state index contributed by atoms with van der Waals surface area (Å²) in [5.74, 6) is 0.0104. The van der Waals surface area contributed by atoms with Crippen LogP contribution >= 0.6 is 0 Å². The van der Waals surface area contributed by atoms with Gasteiger partial charge in [-0.3, -0.25) is 4.79 Å². The molecule has 0 aromatic heterocycles. The Labute approximate surface area is 113 Å². The van der Waals surface area contributed by atoms with Gasteiger partial charge in [-0.2, -0.15) is 0 Å². The summed E-state index contributed by atoms with van der Waals surface area (Å²) >= 11 is 0. The molecule has 1 atom stereocenters. The SMILES string of the molecule is Cc1cc(C)c2c(c1)C[C@H]2NC(=O)c1ccccc1. The maximum Gasteiger partial charge on any atom is 0.251 e. The average molecular weight is 251 g/mol. The molecule has 0 saturated heterocycles. The van der Waals surface area contributed by atoms with E-state index in [0.717, 1.165) is 12.0 Å². The Bertz CT molecular complexity index is 614. The Hall–Kier alpha value is -2.09. The van der Waals surface area contributed by atoms with E-state index in [2.05, 4.69) is 31.3 Å². The summed E-state index contributed by atoms with van der Waals surface area (Å²) in [4.78, 5) is 12.1. The zero-order valence-corrected chi connectivity index (χ0v) is 11.2. The van der Waals surface area contributed by atoms with E-state index >= 15 is 0 Å². The Balaban J connectivity index is 1.78. The van der Waals surface area contributed by atoms with Gasteiger partial charge in [-0.1, -0.05) is 35.9 Å². The Kier molecular flexibility index (Phi) is 2.86. The predicted molar refractivity (Wildman–Crippen MR) is 76.3 cm³/mol. The zero-order valence-electron chi connectivity index (χ0n) is 11.2. The number of benzene rings is 2. The number of amides is 1. The van der Waals surface area contributed by atoms with Crippen LogP contribution in [0.2, 0.25) is 0 Å². The fraction of sp³-hybridized carbons (Fsp3) is 0.235. The van der Waals surface area contributed by atoms with Gasteiger partial charge in [-0.15, -0.1) is 0 Å². The summed E-state index contributed by atoms with van der Waals surface area (Å²) in [6, 6.07) is 13.9. The number of carbonyl (C=O) groups is 1. The highest BCUT2D eigenvalue weighted by atomic mass is 16.1. The smallest absolute Gasteiger partial charge is 0.251 e. The predicted octanol–water partition coefficient (Wildman–Crippen LogP) is 3.33. The van der Waals surface area contributed by atoms with E-state index in [1.54, 1.807) is 0 Å². The highest BCUT2D eigenvalue weighted by Gasteiger charge is 2.29. The second kappa shape index (κ2) is 4.54. The van der Waals surface area contributed by atoms with Crippen LogP contribution in [-0.2, 0) is 6.42 Å². The zero-order chi connectivity index (χ0) is 13.4. The molecule has 0 aliphatic heterocycles. The molecule has 1 aliphatic carbocycles. The molecule has 1 N–H and O–H groups in total. The maximum absolute atomic E-state index is 12.1. The van der Waals surface area contributed by atoms with Gasteiger partial charge in [0.1, 0.15) is 0 Å². The molecular formula is C17H17NO. The van der Waals surface area contributed by atoms with Crippen LogP contribution in [0, 0.1) is 13.8 Å². The van der Waals surface area contributed by atoms with Gasteiger partial charge >= 0.3 is 0 Å². The normalized spacial score (nSPS) is 16.4. The minimum Gasteiger partial charge on any atom is -0.345 e. The second-order valence-electron chi connectivity index (χ2n) is 5.25. The molecule has 0 fully saturated rings. The van der Waals surface area contributed by atoms with E-state index in [4.69, 9.17) is 0 Å². The first kappa shape index (κ1) is 12.0. The van der Waals surface area contributed by atoms with Gasteiger partial charge in [0.2, 0.25) is 0 Å². The van der Waals surface area contributed by atoms with Crippen molar-refractivity contribution in [2.75, 3.05) is 0 Å². The van der Waals surface area contributed by atoms with Crippen molar-refractivity contribution in [2.45, 2.75) is 26.3 Å². The first-order chi connectivity index (χ1) is 9.15. The summed E-state index contributed by atoms with van der Waals surface area (Å²) in [5, 5.41) is 3.11. The Morgan fingerprint density at radius 1 is 1.16 bits per heavy atom.